The van der Waals surface area contributed by atoms with E-state index >= 15 is 0 Å². The van der Waals surface area contributed by atoms with Gasteiger partial charge in [0.05, 0.1) is 36.4 Å². The van der Waals surface area contributed by atoms with E-state index in [9.17, 15) is 9.59 Å². The van der Waals surface area contributed by atoms with Crippen molar-refractivity contribution in [2.45, 2.75) is 45.3 Å². The van der Waals surface area contributed by atoms with Crippen molar-refractivity contribution in [2.24, 2.45) is 4.99 Å². The van der Waals surface area contributed by atoms with Gasteiger partial charge in [-0.3, -0.25) is 4.79 Å². The minimum atomic E-state index is -0.478. The van der Waals surface area contributed by atoms with E-state index in [2.05, 4.69) is 11.4 Å². The number of amides is 1. The first-order chi connectivity index (χ1) is 18.0. The fourth-order valence-electron chi connectivity index (χ4n) is 4.90. The molecule has 1 saturated heterocycles. The number of nitrogens with one attached hydrogen (secondary N) is 1. The van der Waals surface area contributed by atoms with Crippen LogP contribution in [-0.4, -0.2) is 47.8 Å². The highest BCUT2D eigenvalue weighted by molar-refractivity contribution is 8.16. The Morgan fingerprint density at radius 1 is 1.19 bits per heavy atom. The monoisotopic (exact) mass is 517 g/mol. The summed E-state index contributed by atoms with van der Waals surface area (Å²) in [5, 5.41) is 5.71. The van der Waals surface area contributed by atoms with Crippen LogP contribution in [0.1, 0.15) is 48.9 Å². The molecule has 2 atom stereocenters. The van der Waals surface area contributed by atoms with Crippen molar-refractivity contribution in [1.82, 2.24) is 10.2 Å². The molecule has 1 amide bonds. The lowest BCUT2D eigenvalue weighted by molar-refractivity contribution is -0.139. The molecule has 0 aliphatic carbocycles. The first-order valence-corrected chi connectivity index (χ1v) is 13.6. The molecule has 5 rings (SSSR count). The largest absolute Gasteiger partial charge is 0.463 e. The number of aliphatic imine (C=N–C) groups is 1. The second-order valence-electron chi connectivity index (χ2n) is 9.27. The number of esters is 1. The van der Waals surface area contributed by atoms with Crippen molar-refractivity contribution in [3.63, 3.8) is 0 Å². The van der Waals surface area contributed by atoms with Gasteiger partial charge in [0.1, 0.15) is 0 Å². The molecule has 1 N–H and O–H groups in total. The number of aryl methyl sites for hydroxylation is 1. The molecule has 3 aliphatic heterocycles. The molecule has 0 aromatic heterocycles. The third-order valence-corrected chi connectivity index (χ3v) is 7.49. The third-order valence-electron chi connectivity index (χ3n) is 6.60. The van der Waals surface area contributed by atoms with Gasteiger partial charge in [0.2, 0.25) is 5.91 Å². The van der Waals surface area contributed by atoms with E-state index in [1.807, 2.05) is 65.8 Å². The average molecular weight is 518 g/mol. The van der Waals surface area contributed by atoms with Gasteiger partial charge in [-0.2, -0.15) is 0 Å². The number of rotatable bonds is 8. The maximum absolute atomic E-state index is 13.5. The molecule has 192 valence electrons. The summed E-state index contributed by atoms with van der Waals surface area (Å²) >= 11 is 1.47. The number of carbonyl (C=O) groups is 2. The van der Waals surface area contributed by atoms with Gasteiger partial charge in [-0.15, -0.1) is 0 Å². The molecule has 2 aromatic carbocycles. The highest BCUT2D eigenvalue weighted by atomic mass is 32.2. The molecule has 7 nitrogen and oxygen atoms in total. The van der Waals surface area contributed by atoms with Crippen molar-refractivity contribution in [2.75, 3.05) is 19.8 Å². The van der Waals surface area contributed by atoms with E-state index in [1.54, 1.807) is 6.92 Å². The van der Waals surface area contributed by atoms with E-state index in [0.29, 0.717) is 17.8 Å². The Balaban J connectivity index is 1.53. The van der Waals surface area contributed by atoms with E-state index in [-0.39, 0.29) is 25.0 Å². The predicted molar refractivity (Wildman–Crippen MR) is 145 cm³/mol. The Hall–Kier alpha value is -3.36. The molecule has 0 radical (unpaired) electrons. The van der Waals surface area contributed by atoms with Gasteiger partial charge in [-0.1, -0.05) is 71.9 Å². The van der Waals surface area contributed by atoms with Crippen LogP contribution in [0.25, 0.3) is 5.70 Å². The second kappa shape index (κ2) is 11.4. The zero-order chi connectivity index (χ0) is 25.8. The Labute approximate surface area is 221 Å². The summed E-state index contributed by atoms with van der Waals surface area (Å²) < 4.78 is 11.2. The van der Waals surface area contributed by atoms with Crippen molar-refractivity contribution in [3.8, 4) is 0 Å². The van der Waals surface area contributed by atoms with Crippen molar-refractivity contribution < 1.29 is 19.1 Å². The van der Waals surface area contributed by atoms with Gasteiger partial charge in [-0.25, -0.2) is 9.79 Å². The Bertz CT molecular complexity index is 1260. The predicted octanol–water partition coefficient (Wildman–Crippen LogP) is 4.96. The molecule has 0 spiro atoms. The number of nitrogens with zero attached hydrogens (tertiary/aromatic N) is 2. The number of amidine groups is 1. The lowest BCUT2D eigenvalue weighted by Gasteiger charge is -2.37. The fraction of sp³-hybridized carbons (Fsp3) is 0.345. The number of hydrogen-bond acceptors (Lipinski definition) is 7. The summed E-state index contributed by atoms with van der Waals surface area (Å²) in [5.74, 6) is -0.489. The van der Waals surface area contributed by atoms with Gasteiger partial charge in [-0.05, 0) is 37.7 Å². The average Bonchev–Trinajstić information content (AvgIpc) is 3.57. The summed E-state index contributed by atoms with van der Waals surface area (Å²) in [6, 6.07) is 17.3. The number of benzene rings is 2. The molecular weight excluding hydrogens is 486 g/mol. The molecule has 2 aromatic rings. The van der Waals surface area contributed by atoms with Crippen LogP contribution in [0, 0.1) is 6.92 Å². The molecule has 1 fully saturated rings. The van der Waals surface area contributed by atoms with E-state index in [1.165, 1.54) is 11.8 Å². The molecular formula is C29H31N3O4S. The van der Waals surface area contributed by atoms with Crippen LogP contribution in [0.15, 0.2) is 76.3 Å². The molecule has 8 heteroatoms. The summed E-state index contributed by atoms with van der Waals surface area (Å²) in [6.07, 6.45) is 2.25. The van der Waals surface area contributed by atoms with Gasteiger partial charge in [0.15, 0.2) is 5.17 Å². The number of carbonyl (C=O) groups excluding carboxylic acids is 2. The number of fused-ring (bicyclic) bond motifs is 1. The van der Waals surface area contributed by atoms with Crippen LogP contribution in [0.5, 0.6) is 0 Å². The van der Waals surface area contributed by atoms with Crippen LogP contribution in [0.2, 0.25) is 0 Å². The minimum absolute atomic E-state index is 0.0785. The highest BCUT2D eigenvalue weighted by Gasteiger charge is 2.42. The van der Waals surface area contributed by atoms with Crippen LogP contribution < -0.4 is 5.32 Å². The van der Waals surface area contributed by atoms with Crippen LogP contribution >= 0.6 is 11.8 Å². The fourth-order valence-corrected chi connectivity index (χ4v) is 5.82. The smallest absolute Gasteiger partial charge is 0.338 e. The van der Waals surface area contributed by atoms with Crippen LogP contribution in [0.4, 0.5) is 0 Å². The molecule has 0 saturated carbocycles. The van der Waals surface area contributed by atoms with E-state index in [4.69, 9.17) is 14.5 Å². The lowest BCUT2D eigenvalue weighted by Crippen LogP contribution is -2.39. The first kappa shape index (κ1) is 25.3. The Morgan fingerprint density at radius 3 is 2.76 bits per heavy atom. The van der Waals surface area contributed by atoms with Crippen molar-refractivity contribution in [1.29, 1.82) is 0 Å². The van der Waals surface area contributed by atoms with Gasteiger partial charge in [0.25, 0.3) is 0 Å². The van der Waals surface area contributed by atoms with Crippen molar-refractivity contribution in [3.05, 3.63) is 88.0 Å². The zero-order valence-corrected chi connectivity index (χ0v) is 21.9. The van der Waals surface area contributed by atoms with Gasteiger partial charge < -0.3 is 19.7 Å². The highest BCUT2D eigenvalue weighted by Crippen LogP contribution is 2.47. The molecule has 0 unspecified atom stereocenters. The third kappa shape index (κ3) is 5.50. The topological polar surface area (TPSA) is 80.2 Å². The molecule has 0 bridgehead atoms. The quantitative estimate of drug-likeness (QED) is 0.499. The maximum atomic E-state index is 13.5. The van der Waals surface area contributed by atoms with Gasteiger partial charge in [0, 0.05) is 24.4 Å². The zero-order valence-electron chi connectivity index (χ0n) is 21.1. The molecule has 37 heavy (non-hydrogen) atoms. The summed E-state index contributed by atoms with van der Waals surface area (Å²) in [5.41, 5.74) is 4.74. The Morgan fingerprint density at radius 2 is 2.03 bits per heavy atom. The Kier molecular flexibility index (Phi) is 7.76. The standard InChI is InChI=1S/C29H31N3O4S/c1-3-35-28(34)25-26(20-10-5-4-6-11-20)31-29-32(27(25)21-12-7-9-19(2)15-21)22(18-37-29)16-24(33)30-17-23-13-8-14-36-23/h4-7,9-12,15,18,23,27H,3,8,13-14,16-17H2,1-2H3,(H,30,33)/t23-,27+/m1/s1. The van der Waals surface area contributed by atoms with Crippen LogP contribution in [-0.2, 0) is 19.1 Å². The summed E-state index contributed by atoms with van der Waals surface area (Å²) in [6.45, 7) is 5.34. The van der Waals surface area contributed by atoms with Gasteiger partial charge >= 0.3 is 5.97 Å². The SMILES string of the molecule is CCOC(=O)C1=C(c2ccccc2)N=C2SC=C(CC(=O)NC[C@H]3CCCO3)N2[C@H]1c1cccc(C)c1. The number of hydrogen-bond donors (Lipinski definition) is 1. The first-order valence-electron chi connectivity index (χ1n) is 12.7. The number of ether oxygens (including phenoxy) is 2. The molecule has 3 heterocycles. The summed E-state index contributed by atoms with van der Waals surface area (Å²) in [4.78, 5) is 33.4. The van der Waals surface area contributed by atoms with E-state index < -0.39 is 12.0 Å². The summed E-state index contributed by atoms with van der Waals surface area (Å²) in [7, 11) is 0. The van der Waals surface area contributed by atoms with E-state index in [0.717, 1.165) is 47.0 Å². The van der Waals surface area contributed by atoms with Crippen LogP contribution in [0.3, 0.4) is 0 Å². The lowest BCUT2D eigenvalue weighted by atomic mass is 9.90. The second-order valence-corrected chi connectivity index (χ2v) is 10.1. The minimum Gasteiger partial charge on any atom is -0.463 e. The maximum Gasteiger partial charge on any atom is 0.338 e. The van der Waals surface area contributed by atoms with Crippen molar-refractivity contribution >= 4 is 34.5 Å². The molecule has 3 aliphatic rings. The normalized spacial score (nSPS) is 20.9. The number of thioether (sulfide) groups is 1.